The number of aryl methyl sites for hydroxylation is 6. The van der Waals surface area contributed by atoms with Crippen LogP contribution in [0.15, 0.2) is 175 Å². The Labute approximate surface area is 436 Å². The van der Waals surface area contributed by atoms with Crippen LogP contribution in [0.1, 0.15) is 94.8 Å². The molecule has 6 aromatic carbocycles. The smallest absolute Gasteiger partial charge is 0.500 e. The van der Waals surface area contributed by atoms with Gasteiger partial charge in [0.1, 0.15) is 11.4 Å². The number of aromatic nitrogens is 3. The first kappa shape index (κ1) is 32.8. The van der Waals surface area contributed by atoms with E-state index in [1.807, 2.05) is 24.3 Å². The molecule has 340 valence electrons. The summed E-state index contributed by atoms with van der Waals surface area (Å²) in [5.74, 6) is -0.305. The van der Waals surface area contributed by atoms with E-state index in [-0.39, 0.29) is 65.3 Å². The third kappa shape index (κ3) is 10.4. The van der Waals surface area contributed by atoms with Crippen LogP contribution in [0.5, 0.6) is 0 Å². The van der Waals surface area contributed by atoms with Crippen LogP contribution in [-0.4, -0.2) is 15.0 Å². The molecule has 0 unspecified atom stereocenters. The van der Waals surface area contributed by atoms with Crippen LogP contribution < -0.4 is 0 Å². The zero-order chi connectivity index (χ0) is 57.3. The number of fused-ring (bicyclic) bond motifs is 3. The van der Waals surface area contributed by atoms with Gasteiger partial charge in [-0.25, -0.2) is 4.39 Å². The van der Waals surface area contributed by atoms with Gasteiger partial charge in [-0.05, 0) is 131 Å². The van der Waals surface area contributed by atoms with E-state index in [2.05, 4.69) is 33.2 Å². The van der Waals surface area contributed by atoms with Gasteiger partial charge in [-0.1, -0.05) is 109 Å². The summed E-state index contributed by atoms with van der Waals surface area (Å²) in [5.41, 5.74) is 2.44. The molecule has 4 nitrogen and oxygen atoms in total. The van der Waals surface area contributed by atoms with Gasteiger partial charge in [0.2, 0.25) is 0 Å². The number of halogens is 1. The Morgan fingerprint density at radius 3 is 1.57 bits per heavy atom. The zero-order valence-electron chi connectivity index (χ0n) is 50.2. The molecule has 11 rings (SSSR count). The first-order chi connectivity index (χ1) is 38.5. The summed E-state index contributed by atoms with van der Waals surface area (Å²) in [5, 5.41) is 1.04. The van der Waals surface area contributed by atoms with Crippen molar-refractivity contribution in [2.45, 2.75) is 76.3 Å². The number of nitrogens with zero attached hydrogens (tertiary/aromatic N) is 3. The zero-order valence-corrected chi connectivity index (χ0v) is 39.6. The molecule has 0 aliphatic heterocycles. The maximum atomic E-state index is 16.1. The molecule has 1 fully saturated rings. The van der Waals surface area contributed by atoms with Crippen molar-refractivity contribution in [3.8, 4) is 44.9 Å². The minimum absolute atomic E-state index is 0. The third-order valence-corrected chi connectivity index (χ3v) is 12.3. The third-order valence-electron chi connectivity index (χ3n) is 12.3. The average molecular weight is 1090 g/mol. The van der Waals surface area contributed by atoms with Crippen LogP contribution in [0.2, 0.25) is 0 Å². The average Bonchev–Trinajstić information content (AvgIpc) is 2.46. The van der Waals surface area contributed by atoms with E-state index < -0.39 is 60.7 Å². The molecule has 1 saturated carbocycles. The van der Waals surface area contributed by atoms with Crippen molar-refractivity contribution in [3.63, 3.8) is 0 Å². The Morgan fingerprint density at radius 1 is 0.536 bits per heavy atom. The molecule has 6 heteroatoms. The molecule has 10 aromatic rings. The fraction of sp³-hybridized carbons (Fsp3) is 0.190. The molecule has 69 heavy (non-hydrogen) atoms. The summed E-state index contributed by atoms with van der Waals surface area (Å²) >= 11 is 0. The Morgan fingerprint density at radius 2 is 1.06 bits per heavy atom. The van der Waals surface area contributed by atoms with Crippen molar-refractivity contribution >= 4 is 21.9 Å². The second-order valence-corrected chi connectivity index (χ2v) is 16.8. The molecular weight excluding hydrogens is 1030 g/mol. The van der Waals surface area contributed by atoms with Crippen molar-refractivity contribution in [2.24, 2.45) is 0 Å². The van der Waals surface area contributed by atoms with E-state index in [4.69, 9.17) is 5.79 Å². The Kier molecular flexibility index (Phi) is 10.1. The van der Waals surface area contributed by atoms with E-state index in [0.717, 1.165) is 37.2 Å². The van der Waals surface area contributed by atoms with Crippen LogP contribution in [0.25, 0.3) is 66.8 Å². The molecule has 4 heterocycles. The Balaban J connectivity index is 0.00000753. The minimum Gasteiger partial charge on any atom is -0.500 e. The molecule has 4 aromatic heterocycles. The quantitative estimate of drug-likeness (QED) is 0.102. The van der Waals surface area contributed by atoms with Gasteiger partial charge >= 0.3 is 20.1 Å². The van der Waals surface area contributed by atoms with Gasteiger partial charge in [0, 0.05) is 40.4 Å². The minimum atomic E-state index is -3.18. The summed E-state index contributed by atoms with van der Waals surface area (Å²) < 4.78 is 144. The second-order valence-electron chi connectivity index (χ2n) is 16.8. The van der Waals surface area contributed by atoms with Gasteiger partial charge in [-0.2, -0.15) is 0 Å². The topological polar surface area (TPSA) is 51.8 Å². The number of benzene rings is 6. The first-order valence-electron chi connectivity index (χ1n) is 29.2. The molecule has 0 saturated heterocycles. The molecule has 0 N–H and O–H groups in total. The van der Waals surface area contributed by atoms with Crippen LogP contribution in [0.3, 0.4) is 0 Å². The van der Waals surface area contributed by atoms with Crippen LogP contribution in [0, 0.1) is 24.0 Å². The maximum absolute atomic E-state index is 16.1. The van der Waals surface area contributed by atoms with Crippen molar-refractivity contribution in [3.05, 3.63) is 233 Å². The fourth-order valence-electron chi connectivity index (χ4n) is 8.78. The molecule has 1 aliphatic rings. The molecule has 1 aliphatic carbocycles. The predicted molar refractivity (Wildman–Crippen MR) is 273 cm³/mol. The van der Waals surface area contributed by atoms with Crippen molar-refractivity contribution < 1.29 is 46.7 Å². The van der Waals surface area contributed by atoms with Gasteiger partial charge in [-0.15, -0.1) is 90.0 Å². The largest absolute Gasteiger partial charge is 3.00 e. The van der Waals surface area contributed by atoms with E-state index in [1.54, 1.807) is 60.7 Å². The van der Waals surface area contributed by atoms with Crippen molar-refractivity contribution in [1.29, 1.82) is 0 Å². The van der Waals surface area contributed by atoms with E-state index in [1.165, 1.54) is 79.7 Å². The summed E-state index contributed by atoms with van der Waals surface area (Å²) in [6.45, 7) is 0. The van der Waals surface area contributed by atoms with Gasteiger partial charge in [-0.3, -0.25) is 0 Å². The molecular formula is C63H51FIrN3O. The monoisotopic (exact) mass is 1090 g/mol. The Hall–Kier alpha value is -6.85. The number of hydrogen-bond donors (Lipinski definition) is 0. The van der Waals surface area contributed by atoms with Gasteiger partial charge in [0.25, 0.3) is 0 Å². The summed E-state index contributed by atoms with van der Waals surface area (Å²) in [7, 11) is 0. The van der Waals surface area contributed by atoms with Gasteiger partial charge < -0.3 is 19.4 Å². The molecule has 0 radical (unpaired) electrons. The SMILES string of the molecule is [2H]c1cc2c(oc3c(-c4ccc(C([2H])([2H])C([2H])([2H])c5cc(C([2H])([2H])C([2H])([2H])c6ccc(-c7[c-]cccc7)nc6)cc(C([2H])([2H])C([2H])([2H])c6ccc(-c7[c-]cccc7)nc6)c5)cn4)[c-]ccc32)c(-c2ccc(C3CCCCC3)cc2)c1F.[Ir+3]. The number of furan rings is 1. The second kappa shape index (κ2) is 21.2. The predicted octanol–water partition coefficient (Wildman–Crippen LogP) is 15.4. The fourth-order valence-corrected chi connectivity index (χ4v) is 8.78. The van der Waals surface area contributed by atoms with Gasteiger partial charge in [0.15, 0.2) is 0 Å². The molecule has 0 spiro atoms. The molecule has 0 atom stereocenters. The summed E-state index contributed by atoms with van der Waals surface area (Å²) in [4.78, 5) is 13.3. The van der Waals surface area contributed by atoms with Crippen LogP contribution in [-0.2, 0) is 58.3 Å². The molecule has 0 amide bonds. The number of pyridine rings is 3. The van der Waals surface area contributed by atoms with E-state index in [0.29, 0.717) is 50.3 Å². The van der Waals surface area contributed by atoms with Crippen LogP contribution in [0.4, 0.5) is 4.39 Å². The van der Waals surface area contributed by atoms with Crippen LogP contribution >= 0.6 is 0 Å². The number of hydrogen-bond acceptors (Lipinski definition) is 4. The van der Waals surface area contributed by atoms with Gasteiger partial charge in [0.05, 0.1) is 12.5 Å². The van der Waals surface area contributed by atoms with E-state index >= 15 is 4.39 Å². The van der Waals surface area contributed by atoms with Crippen molar-refractivity contribution in [1.82, 2.24) is 15.0 Å². The number of rotatable bonds is 14. The van der Waals surface area contributed by atoms with E-state index in [9.17, 15) is 16.4 Å². The standard InChI is InChI=1S/C63H51FN3O.Ir/c64-57-33-32-55-54-17-10-18-56(62(54)68-63(55)61(57)53-30-28-50(29-31-53)49-11-4-1-5-12-49)60-36-27-45(42-67-60)21-24-48-38-46(22-19-43-25-34-58(65-40-43)51-13-6-2-7-14-51)37-47(39-48)23-20-44-26-35-59(66-41-44)52-15-8-3-9-16-52;/h2-3,6-10,13,15,17,25-42,49H,1,4-5,11-12,19-24H2;/q-3;+3/i19D2,20D2,21D2,22D2,23D2,24D2,33D;. The summed E-state index contributed by atoms with van der Waals surface area (Å²) in [6, 6.07) is 46.7. The van der Waals surface area contributed by atoms with Crippen molar-refractivity contribution in [2.75, 3.05) is 0 Å². The normalized spacial score (nSPS) is 16.9. The maximum Gasteiger partial charge on any atom is 3.00 e. The Bertz CT molecular complexity index is 3810. The molecule has 0 bridgehead atoms. The summed E-state index contributed by atoms with van der Waals surface area (Å²) in [6.07, 6.45) is -9.13. The first-order valence-corrected chi connectivity index (χ1v) is 22.7.